The molecule has 0 unspecified atom stereocenters. The summed E-state index contributed by atoms with van der Waals surface area (Å²) in [5.74, 6) is 0.811. The Morgan fingerprint density at radius 2 is 1.87 bits per heavy atom. The molecule has 1 saturated heterocycles. The van der Waals surface area contributed by atoms with Crippen LogP contribution in [0.2, 0.25) is 0 Å². The summed E-state index contributed by atoms with van der Waals surface area (Å²) in [5.41, 5.74) is 4.72. The topological polar surface area (TPSA) is 37.3 Å². The van der Waals surface area contributed by atoms with Gasteiger partial charge in [0.1, 0.15) is 0 Å². The predicted octanol–water partition coefficient (Wildman–Crippen LogP) is 4.25. The van der Waals surface area contributed by atoms with Gasteiger partial charge in [0.2, 0.25) is 5.91 Å². The Hall–Kier alpha value is -1.49. The third-order valence-corrected chi connectivity index (χ3v) is 6.31. The molecule has 1 aliphatic rings. The molecule has 0 spiro atoms. The normalized spacial score (nSPS) is 15.0. The van der Waals surface area contributed by atoms with Gasteiger partial charge in [0, 0.05) is 52.2 Å². The molecule has 2 heterocycles. The van der Waals surface area contributed by atoms with Gasteiger partial charge in [0.15, 0.2) is 0 Å². The van der Waals surface area contributed by atoms with Gasteiger partial charge in [0.05, 0.1) is 0 Å². The van der Waals surface area contributed by atoms with Crippen molar-refractivity contribution in [2.24, 2.45) is 13.0 Å². The quantitative estimate of drug-likeness (QED) is 0.502. The summed E-state index contributed by atoms with van der Waals surface area (Å²) in [4.78, 5) is 15.0. The number of aromatic nitrogens is 1. The molecule has 1 radical (unpaired) electrons. The first-order chi connectivity index (χ1) is 14.6. The van der Waals surface area contributed by atoms with E-state index < -0.39 is 0 Å². The Labute approximate surface area is 211 Å². The minimum atomic E-state index is 0. The fourth-order valence-electron chi connectivity index (χ4n) is 4.56. The van der Waals surface area contributed by atoms with Gasteiger partial charge in [-0.25, -0.2) is 0 Å². The van der Waals surface area contributed by atoms with Crippen molar-refractivity contribution in [3.63, 3.8) is 0 Å². The summed E-state index contributed by atoms with van der Waals surface area (Å²) in [6.07, 6.45) is 7.24. The van der Waals surface area contributed by atoms with Gasteiger partial charge < -0.3 is 9.88 Å². The number of piperidine rings is 1. The molecule has 0 aliphatic carbocycles. The molecule has 1 fully saturated rings. The molecule has 0 bridgehead atoms. The number of nitrogens with one attached hydrogen (secondary N) is 1. The molecule has 4 nitrogen and oxygen atoms in total. The molecule has 0 atom stereocenters. The second-order valence-corrected chi connectivity index (χ2v) is 8.69. The first-order valence-electron chi connectivity index (χ1n) is 11.1. The van der Waals surface area contributed by atoms with Crippen LogP contribution in [0.25, 0.3) is 10.9 Å². The molecule has 1 aliphatic heterocycles. The predicted molar refractivity (Wildman–Crippen MR) is 122 cm³/mol. The van der Waals surface area contributed by atoms with Crippen LogP contribution < -0.4 is 5.32 Å². The van der Waals surface area contributed by atoms with E-state index in [0.717, 1.165) is 49.1 Å². The van der Waals surface area contributed by atoms with Crippen LogP contribution in [-0.2, 0) is 57.5 Å². The van der Waals surface area contributed by atoms with Crippen LogP contribution in [0.5, 0.6) is 0 Å². The van der Waals surface area contributed by atoms with Crippen molar-refractivity contribution < 1.29 is 37.5 Å². The average molecular weight is 491 g/mol. The van der Waals surface area contributed by atoms with E-state index in [4.69, 9.17) is 0 Å². The van der Waals surface area contributed by atoms with E-state index in [2.05, 4.69) is 71.9 Å². The zero-order valence-electron chi connectivity index (χ0n) is 18.7. The van der Waals surface area contributed by atoms with Crippen molar-refractivity contribution in [3.05, 3.63) is 71.4 Å². The number of aryl methyl sites for hydroxylation is 2. The third kappa shape index (κ3) is 6.50. The molecule has 2 aromatic carbocycles. The van der Waals surface area contributed by atoms with E-state index in [0.29, 0.717) is 12.3 Å². The number of amides is 1. The maximum atomic E-state index is 12.5. The molecule has 5 heteroatoms. The molecule has 1 aromatic heterocycles. The van der Waals surface area contributed by atoms with Crippen molar-refractivity contribution in [2.45, 2.75) is 39.2 Å². The standard InChI is InChI=1S/C26H32N3O.Y/c1-20-8-9-25-24(16-20)23(19-28(25)2)17-26(30)27-13-10-21-11-14-29(15-12-21)18-22-6-4-3-5-7-22;/h3-9,16,21H,10-15,17-18H2,1-2H3,(H,27,30);/q-1;. The molecule has 1 amide bonds. The molecular formula is C26H32N3OY-. The van der Waals surface area contributed by atoms with Crippen molar-refractivity contribution in [2.75, 3.05) is 19.6 Å². The van der Waals surface area contributed by atoms with Crippen molar-refractivity contribution in [3.8, 4) is 0 Å². The zero-order valence-corrected chi connectivity index (χ0v) is 21.6. The van der Waals surface area contributed by atoms with Crippen LogP contribution in [0.1, 0.15) is 36.0 Å². The zero-order chi connectivity index (χ0) is 20.9. The summed E-state index contributed by atoms with van der Waals surface area (Å²) < 4.78 is 1.99. The second kappa shape index (κ2) is 11.4. The molecule has 3 aromatic rings. The molecule has 4 rings (SSSR count). The Balaban J connectivity index is 0.00000272. The average Bonchev–Trinajstić information content (AvgIpc) is 3.04. The van der Waals surface area contributed by atoms with Gasteiger partial charge >= 0.3 is 0 Å². The molecule has 1 N–H and O–H groups in total. The summed E-state index contributed by atoms with van der Waals surface area (Å²) in [6, 6.07) is 17.1. The van der Waals surface area contributed by atoms with Crippen LogP contribution in [0.15, 0.2) is 48.5 Å². The number of hydrogen-bond donors (Lipinski definition) is 1. The summed E-state index contributed by atoms with van der Waals surface area (Å²) in [5, 5.41) is 4.27. The van der Waals surface area contributed by atoms with Gasteiger partial charge in [-0.15, -0.1) is 29.4 Å². The van der Waals surface area contributed by atoms with Crippen LogP contribution in [-0.4, -0.2) is 35.0 Å². The smallest absolute Gasteiger partial charge is 0.222 e. The van der Waals surface area contributed by atoms with E-state index in [1.807, 2.05) is 11.6 Å². The summed E-state index contributed by atoms with van der Waals surface area (Å²) >= 11 is 0. The Morgan fingerprint density at radius 3 is 2.61 bits per heavy atom. The van der Waals surface area contributed by atoms with Crippen molar-refractivity contribution in [1.82, 2.24) is 14.8 Å². The fraction of sp³-hybridized carbons (Fsp3) is 0.423. The number of nitrogens with zero attached hydrogens (tertiary/aromatic N) is 2. The number of carbonyl (C=O) groups is 1. The SMILES string of the molecule is Cc1ccc2c(c1)c(CC(=O)NCCC1CCN(Cc3ccccc3)CC1)[c-]n2C.[Y]. The maximum absolute atomic E-state index is 12.5. The van der Waals surface area contributed by atoms with Gasteiger partial charge in [0.25, 0.3) is 0 Å². The van der Waals surface area contributed by atoms with Gasteiger partial charge in [-0.2, -0.15) is 5.39 Å². The van der Waals surface area contributed by atoms with E-state index in [-0.39, 0.29) is 38.6 Å². The van der Waals surface area contributed by atoms with E-state index in [9.17, 15) is 4.79 Å². The first-order valence-corrected chi connectivity index (χ1v) is 11.1. The number of carbonyl (C=O) groups excluding carboxylic acids is 1. The number of benzene rings is 2. The minimum Gasteiger partial charge on any atom is -0.466 e. The number of likely N-dealkylation sites (tertiary alicyclic amines) is 1. The number of fused-ring (bicyclic) bond motifs is 1. The monoisotopic (exact) mass is 491 g/mol. The van der Waals surface area contributed by atoms with Crippen molar-refractivity contribution in [1.29, 1.82) is 0 Å². The first kappa shape index (κ1) is 24.2. The number of rotatable bonds is 7. The fourth-order valence-corrected chi connectivity index (χ4v) is 4.56. The Bertz CT molecular complexity index is 991. The van der Waals surface area contributed by atoms with E-state index in [1.165, 1.54) is 24.0 Å². The van der Waals surface area contributed by atoms with Crippen LogP contribution in [0.3, 0.4) is 0 Å². The largest absolute Gasteiger partial charge is 0.466 e. The summed E-state index contributed by atoms with van der Waals surface area (Å²) in [7, 11) is 1.99. The van der Waals surface area contributed by atoms with E-state index in [1.54, 1.807) is 0 Å². The summed E-state index contributed by atoms with van der Waals surface area (Å²) in [6.45, 7) is 6.20. The van der Waals surface area contributed by atoms with Gasteiger partial charge in [-0.3, -0.25) is 9.69 Å². The van der Waals surface area contributed by atoms with Crippen LogP contribution in [0, 0.1) is 19.0 Å². The van der Waals surface area contributed by atoms with Gasteiger partial charge in [-0.05, 0) is 57.8 Å². The van der Waals surface area contributed by atoms with Crippen LogP contribution in [0.4, 0.5) is 0 Å². The number of hydrogen-bond acceptors (Lipinski definition) is 2. The maximum Gasteiger partial charge on any atom is 0.222 e. The van der Waals surface area contributed by atoms with Crippen molar-refractivity contribution >= 4 is 16.8 Å². The van der Waals surface area contributed by atoms with Crippen LogP contribution >= 0.6 is 0 Å². The molecular weight excluding hydrogens is 459 g/mol. The molecule has 31 heavy (non-hydrogen) atoms. The molecule has 0 saturated carbocycles. The Kier molecular flexibility index (Phi) is 8.89. The van der Waals surface area contributed by atoms with Gasteiger partial charge in [-0.1, -0.05) is 42.0 Å². The van der Waals surface area contributed by atoms with E-state index >= 15 is 0 Å². The Morgan fingerprint density at radius 1 is 1.13 bits per heavy atom. The molecule has 161 valence electrons. The third-order valence-electron chi connectivity index (χ3n) is 6.31. The minimum absolute atomic E-state index is 0. The second-order valence-electron chi connectivity index (χ2n) is 8.69.